The molecule has 0 aliphatic carbocycles. The van der Waals surface area contributed by atoms with Crippen LogP contribution in [0.2, 0.25) is 0 Å². The van der Waals surface area contributed by atoms with Crippen LogP contribution in [0.15, 0.2) is 55.0 Å². The standard InChI is InChI=1S/C25H22F3N7O3/c1-25(2,37)21(26)13-32-23(36)17-12-30-19(20-5-4-16-7-14(9-29)10-33-35(16)20)8-18(17)34-15-3-6-22(31-11-15)38-24(27)28/h3-8,10-12,21,24,37H,13H2,1-2H3,(H,30,34)(H,32,36). The first kappa shape index (κ1) is 26.4. The van der Waals surface area contributed by atoms with Crippen molar-refractivity contribution in [3.63, 3.8) is 0 Å². The van der Waals surface area contributed by atoms with E-state index in [-0.39, 0.29) is 17.1 Å². The number of anilines is 2. The summed E-state index contributed by atoms with van der Waals surface area (Å²) in [6, 6.07) is 11.4. The lowest BCUT2D eigenvalue weighted by Gasteiger charge is -2.22. The van der Waals surface area contributed by atoms with Gasteiger partial charge in [0.15, 0.2) is 0 Å². The predicted molar refractivity (Wildman–Crippen MR) is 131 cm³/mol. The van der Waals surface area contributed by atoms with Crippen molar-refractivity contribution in [3.8, 4) is 23.3 Å². The highest BCUT2D eigenvalue weighted by Crippen LogP contribution is 2.28. The van der Waals surface area contributed by atoms with Gasteiger partial charge in [0.25, 0.3) is 5.91 Å². The second kappa shape index (κ2) is 10.7. The summed E-state index contributed by atoms with van der Waals surface area (Å²) in [5.41, 5.74) is 0.985. The van der Waals surface area contributed by atoms with Gasteiger partial charge < -0.3 is 20.5 Å². The minimum Gasteiger partial charge on any atom is -0.417 e. The van der Waals surface area contributed by atoms with E-state index < -0.39 is 30.8 Å². The minimum absolute atomic E-state index is 0.0465. The number of hydrogen-bond donors (Lipinski definition) is 3. The van der Waals surface area contributed by atoms with Gasteiger partial charge in [0.1, 0.15) is 12.2 Å². The van der Waals surface area contributed by atoms with Gasteiger partial charge in [-0.1, -0.05) is 0 Å². The molecule has 0 fully saturated rings. The maximum atomic E-state index is 14.2. The van der Waals surface area contributed by atoms with Gasteiger partial charge in [0.2, 0.25) is 5.88 Å². The number of ether oxygens (including phenoxy) is 1. The van der Waals surface area contributed by atoms with Crippen molar-refractivity contribution in [2.45, 2.75) is 32.2 Å². The molecule has 4 rings (SSSR count). The average molecular weight is 525 g/mol. The first-order valence-electron chi connectivity index (χ1n) is 11.3. The van der Waals surface area contributed by atoms with Crippen molar-refractivity contribution in [2.24, 2.45) is 0 Å². The lowest BCUT2D eigenvalue weighted by molar-refractivity contribution is -0.0528. The largest absolute Gasteiger partial charge is 0.417 e. The zero-order valence-corrected chi connectivity index (χ0v) is 20.2. The summed E-state index contributed by atoms with van der Waals surface area (Å²) >= 11 is 0. The Morgan fingerprint density at radius 2 is 1.95 bits per heavy atom. The molecule has 3 N–H and O–H groups in total. The number of amides is 1. The number of alkyl halides is 3. The third-order valence-electron chi connectivity index (χ3n) is 5.47. The van der Waals surface area contributed by atoms with E-state index >= 15 is 0 Å². The topological polar surface area (TPSA) is 137 Å². The number of nitrogens with one attached hydrogen (secondary N) is 2. The van der Waals surface area contributed by atoms with Gasteiger partial charge in [-0.25, -0.2) is 13.9 Å². The molecule has 1 atom stereocenters. The normalized spacial score (nSPS) is 12.3. The summed E-state index contributed by atoms with van der Waals surface area (Å²) in [6.07, 6.45) is 2.21. The fourth-order valence-electron chi connectivity index (χ4n) is 3.43. The van der Waals surface area contributed by atoms with Crippen LogP contribution >= 0.6 is 0 Å². The van der Waals surface area contributed by atoms with E-state index in [1.807, 2.05) is 6.07 Å². The van der Waals surface area contributed by atoms with Crippen LogP contribution in [0.4, 0.5) is 24.5 Å². The van der Waals surface area contributed by atoms with E-state index in [1.54, 1.807) is 28.8 Å². The Hall–Kier alpha value is -4.70. The highest BCUT2D eigenvalue weighted by atomic mass is 19.3. The Morgan fingerprint density at radius 3 is 2.61 bits per heavy atom. The van der Waals surface area contributed by atoms with Crippen molar-refractivity contribution in [1.29, 1.82) is 5.26 Å². The number of nitriles is 1. The summed E-state index contributed by atoms with van der Waals surface area (Å²) in [4.78, 5) is 21.1. The molecule has 10 nitrogen and oxygen atoms in total. The number of carbonyl (C=O) groups excluding carboxylic acids is 1. The van der Waals surface area contributed by atoms with Gasteiger partial charge >= 0.3 is 6.61 Å². The fraction of sp³-hybridized carbons (Fsp3) is 0.240. The van der Waals surface area contributed by atoms with Gasteiger partial charge in [0.05, 0.1) is 63.9 Å². The molecule has 38 heavy (non-hydrogen) atoms. The molecule has 196 valence electrons. The molecule has 0 bridgehead atoms. The first-order chi connectivity index (χ1) is 18.0. The van der Waals surface area contributed by atoms with Crippen molar-refractivity contribution >= 4 is 22.8 Å². The summed E-state index contributed by atoms with van der Waals surface area (Å²) in [6.45, 7) is -0.898. The van der Waals surface area contributed by atoms with Crippen LogP contribution in [0.3, 0.4) is 0 Å². The van der Waals surface area contributed by atoms with Crippen molar-refractivity contribution in [3.05, 3.63) is 66.1 Å². The van der Waals surface area contributed by atoms with Crippen molar-refractivity contribution < 1.29 is 27.8 Å². The molecule has 0 aliphatic rings. The lowest BCUT2D eigenvalue weighted by atomic mass is 10.0. The molecule has 0 aromatic carbocycles. The molecular formula is C25H22F3N7O3. The number of pyridine rings is 2. The predicted octanol–water partition coefficient (Wildman–Crippen LogP) is 3.85. The van der Waals surface area contributed by atoms with Gasteiger partial charge in [-0.05, 0) is 44.2 Å². The van der Waals surface area contributed by atoms with E-state index in [9.17, 15) is 23.1 Å². The van der Waals surface area contributed by atoms with Crippen molar-refractivity contribution in [1.82, 2.24) is 24.9 Å². The molecule has 0 spiro atoms. The van der Waals surface area contributed by atoms with Crippen LogP contribution in [0, 0.1) is 11.3 Å². The molecular weight excluding hydrogens is 503 g/mol. The number of halogens is 3. The maximum Gasteiger partial charge on any atom is 0.388 e. The number of nitrogens with zero attached hydrogens (tertiary/aromatic N) is 5. The van der Waals surface area contributed by atoms with Crippen LogP contribution in [-0.4, -0.2) is 55.5 Å². The van der Waals surface area contributed by atoms with E-state index in [4.69, 9.17) is 5.26 Å². The van der Waals surface area contributed by atoms with Gasteiger partial charge in [-0.3, -0.25) is 9.78 Å². The summed E-state index contributed by atoms with van der Waals surface area (Å²) < 4.78 is 44.9. The Kier molecular flexibility index (Phi) is 7.45. The third-order valence-corrected chi connectivity index (χ3v) is 5.47. The Bertz CT molecular complexity index is 1500. The lowest BCUT2D eigenvalue weighted by Crippen LogP contribution is -2.42. The Balaban J connectivity index is 1.69. The number of hydrogen-bond acceptors (Lipinski definition) is 8. The minimum atomic E-state index is -3.03. The number of aromatic nitrogens is 4. The molecule has 0 saturated carbocycles. The quantitative estimate of drug-likeness (QED) is 0.300. The number of carbonyl (C=O) groups is 1. The number of aliphatic hydroxyl groups is 1. The van der Waals surface area contributed by atoms with Crippen LogP contribution in [0.25, 0.3) is 16.9 Å². The first-order valence-corrected chi connectivity index (χ1v) is 11.3. The van der Waals surface area contributed by atoms with Crippen LogP contribution in [0.1, 0.15) is 29.8 Å². The Morgan fingerprint density at radius 1 is 1.16 bits per heavy atom. The fourth-order valence-corrected chi connectivity index (χ4v) is 3.43. The molecule has 0 radical (unpaired) electrons. The molecule has 4 heterocycles. The Labute approximate surface area is 214 Å². The summed E-state index contributed by atoms with van der Waals surface area (Å²) in [7, 11) is 0. The highest BCUT2D eigenvalue weighted by Gasteiger charge is 2.27. The smallest absolute Gasteiger partial charge is 0.388 e. The summed E-state index contributed by atoms with van der Waals surface area (Å²) in [5, 5.41) is 28.6. The van der Waals surface area contributed by atoms with Crippen LogP contribution in [0.5, 0.6) is 5.88 Å². The van der Waals surface area contributed by atoms with Gasteiger partial charge in [-0.2, -0.15) is 19.1 Å². The number of fused-ring (bicyclic) bond motifs is 1. The monoisotopic (exact) mass is 525 g/mol. The molecule has 1 unspecified atom stereocenters. The van der Waals surface area contributed by atoms with E-state index in [0.29, 0.717) is 28.2 Å². The SMILES string of the molecule is CC(C)(O)C(F)CNC(=O)c1cnc(-c2ccc3cc(C#N)cnn23)cc1Nc1ccc(OC(F)F)nc1. The van der Waals surface area contributed by atoms with Gasteiger partial charge in [-0.15, -0.1) is 0 Å². The highest BCUT2D eigenvalue weighted by molar-refractivity contribution is 6.00. The van der Waals surface area contributed by atoms with Crippen LogP contribution < -0.4 is 15.4 Å². The maximum absolute atomic E-state index is 14.2. The molecule has 0 aliphatic heterocycles. The van der Waals surface area contributed by atoms with E-state index in [2.05, 4.69) is 30.4 Å². The molecule has 4 aromatic rings. The third kappa shape index (κ3) is 5.98. The second-order valence-corrected chi connectivity index (χ2v) is 8.75. The zero-order valence-electron chi connectivity index (χ0n) is 20.2. The van der Waals surface area contributed by atoms with Crippen LogP contribution in [-0.2, 0) is 0 Å². The second-order valence-electron chi connectivity index (χ2n) is 8.75. The summed E-state index contributed by atoms with van der Waals surface area (Å²) in [5.74, 6) is -0.956. The molecule has 13 heteroatoms. The molecule has 1 amide bonds. The molecule has 4 aromatic heterocycles. The zero-order chi connectivity index (χ0) is 27.4. The van der Waals surface area contributed by atoms with E-state index in [0.717, 1.165) is 0 Å². The van der Waals surface area contributed by atoms with E-state index in [1.165, 1.54) is 44.6 Å². The van der Waals surface area contributed by atoms with Gasteiger partial charge in [0, 0.05) is 12.3 Å². The van der Waals surface area contributed by atoms with Crippen molar-refractivity contribution in [2.75, 3.05) is 11.9 Å². The number of rotatable bonds is 9. The molecule has 0 saturated heterocycles. The average Bonchev–Trinajstić information content (AvgIpc) is 3.30.